The minimum Gasteiger partial charge on any atom is -0.508 e. The van der Waals surface area contributed by atoms with Gasteiger partial charge in [-0.25, -0.2) is 14.6 Å². The number of aliphatic hydroxyl groups is 2. The summed E-state index contributed by atoms with van der Waals surface area (Å²) in [5.41, 5.74) is 2.03. The molecule has 0 aliphatic heterocycles. The summed E-state index contributed by atoms with van der Waals surface area (Å²) in [4.78, 5) is 62.8. The number of ketones is 2. The maximum atomic E-state index is 13.1. The molecule has 4 aromatic rings. The number of aromatic hydroxyl groups is 3. The lowest BCUT2D eigenvalue weighted by molar-refractivity contribution is -0.386. The number of rotatable bonds is 9. The Kier molecular flexibility index (Phi) is 18.9. The van der Waals surface area contributed by atoms with E-state index in [4.69, 9.17) is 14.2 Å². The summed E-state index contributed by atoms with van der Waals surface area (Å²) in [6.07, 6.45) is 5.05. The molecule has 5 N–H and O–H groups in total. The van der Waals surface area contributed by atoms with Crippen molar-refractivity contribution in [2.24, 2.45) is 18.9 Å². The molecule has 0 saturated carbocycles. The Morgan fingerprint density at radius 2 is 1.47 bits per heavy atom. The van der Waals surface area contributed by atoms with Crippen molar-refractivity contribution >= 4 is 46.3 Å². The fraction of sp³-hybridized carbons (Fsp3) is 0.386. The first-order valence-corrected chi connectivity index (χ1v) is 19.4. The number of nitrogens with zero attached hydrogens (tertiary/aromatic N) is 3. The first kappa shape index (κ1) is 51.5. The zero-order valence-electron chi connectivity index (χ0n) is 36.8. The lowest BCUT2D eigenvalue weighted by Gasteiger charge is -2.19. The number of ether oxygens (including phenoxy) is 6. The number of nitro benzene ring substituents is 1. The van der Waals surface area contributed by atoms with Gasteiger partial charge < -0.3 is 58.5 Å². The molecule has 0 amide bonds. The third kappa shape index (κ3) is 12.6. The van der Waals surface area contributed by atoms with Crippen molar-refractivity contribution in [3.63, 3.8) is 0 Å². The highest BCUT2D eigenvalue weighted by atomic mass is 16.7. The van der Waals surface area contributed by atoms with Crippen LogP contribution in [0.5, 0.6) is 28.7 Å². The zero-order chi connectivity index (χ0) is 48.0. The first-order valence-electron chi connectivity index (χ1n) is 19.4. The molecule has 0 fully saturated rings. The average molecular weight is 896 g/mol. The number of carbonyl (C=O) groups is 4. The number of aliphatic hydroxyl groups excluding tert-OH is 2. The normalized spacial score (nSPS) is 18.5. The van der Waals surface area contributed by atoms with Gasteiger partial charge in [0.15, 0.2) is 30.9 Å². The summed E-state index contributed by atoms with van der Waals surface area (Å²) in [7, 11) is 7.05. The van der Waals surface area contributed by atoms with E-state index in [1.807, 2.05) is 13.8 Å². The van der Waals surface area contributed by atoms with Gasteiger partial charge in [0.1, 0.15) is 40.2 Å². The molecule has 64 heavy (non-hydrogen) atoms. The van der Waals surface area contributed by atoms with Gasteiger partial charge in [-0.05, 0) is 49.8 Å². The van der Waals surface area contributed by atoms with Gasteiger partial charge in [-0.15, -0.1) is 0 Å². The summed E-state index contributed by atoms with van der Waals surface area (Å²) in [5, 5.41) is 60.7. The van der Waals surface area contributed by atoms with Crippen LogP contribution in [0.25, 0.3) is 17.1 Å². The molecule has 5 rings (SSSR count). The lowest BCUT2D eigenvalue weighted by atomic mass is 9.86. The van der Waals surface area contributed by atoms with Crippen LogP contribution in [0, 0.1) is 35.8 Å². The minimum atomic E-state index is -1.53. The molecule has 1 aliphatic carbocycles. The molecule has 20 nitrogen and oxygen atoms in total. The number of methoxy groups -OCH3 is 4. The monoisotopic (exact) mass is 895 g/mol. The summed E-state index contributed by atoms with van der Waals surface area (Å²) in [6.45, 7) is 6.59. The minimum absolute atomic E-state index is 0.00428. The summed E-state index contributed by atoms with van der Waals surface area (Å²) >= 11 is 0. The number of benzene rings is 3. The highest BCUT2D eigenvalue weighted by molar-refractivity contribution is 6.07. The number of aryl methyl sites for hydroxylation is 2. The van der Waals surface area contributed by atoms with Crippen LogP contribution in [-0.2, 0) is 30.8 Å². The molecule has 1 aliphatic rings. The highest BCUT2D eigenvalue weighted by Crippen LogP contribution is 2.39. The van der Waals surface area contributed by atoms with Crippen LogP contribution in [0.2, 0.25) is 0 Å². The molecule has 1 aromatic heterocycles. The molecule has 0 saturated heterocycles. The molecule has 0 spiro atoms. The van der Waals surface area contributed by atoms with Crippen LogP contribution >= 0.6 is 0 Å². The number of fused-ring (bicyclic) bond motifs is 3. The standard InChI is InChI=1S/C22H26N2O5.C11H13NO7.C11H14O5/c1-12-7-8-17(26)22(29)16(25)6-4-5-14-20(18(27)9-13(12)2)19(28)10-15-21(14)23-11-24(15)3;1-6-9(11(14)18-3)8(19-5-17-2)4-7(13)10(6)12(15)16;1-7-4-8(12)5-9(16-6-14-2)10(7)11(13)15-3/h4-5,7-8,10-13,16,22,25,28-29H,6,9H2,1-3H3;4,13H,5H2,1-3H3;4-5,12H,6H2,1-3H3/b5-4+,8-7-;;/t12-,13-,16+,22+;;/m1../s1. The van der Waals surface area contributed by atoms with Gasteiger partial charge in [-0.3, -0.25) is 19.7 Å². The molecule has 0 radical (unpaired) electrons. The van der Waals surface area contributed by atoms with Crippen molar-refractivity contribution in [3.8, 4) is 28.7 Å². The number of phenols is 3. The van der Waals surface area contributed by atoms with Crippen LogP contribution in [0.4, 0.5) is 5.69 Å². The fourth-order valence-corrected chi connectivity index (χ4v) is 6.41. The first-order chi connectivity index (χ1) is 30.2. The largest absolute Gasteiger partial charge is 0.508 e. The van der Waals surface area contributed by atoms with E-state index < -0.39 is 46.3 Å². The summed E-state index contributed by atoms with van der Waals surface area (Å²) in [5.74, 6) is -2.82. The van der Waals surface area contributed by atoms with E-state index in [1.165, 1.54) is 52.5 Å². The van der Waals surface area contributed by atoms with Crippen LogP contribution in [0.1, 0.15) is 74.5 Å². The third-order valence-electron chi connectivity index (χ3n) is 10.00. The SMILES string of the molecule is COCOc1cc(O)c([N+](=O)[O-])c(C)c1C(=O)OC.COCOc1cc(O)cc(C)c1C(=O)OC.C[C@@H]1/C=C\C(=O)[C@@H](O)[C@@H](O)C/C=C/c2c(c(O)cc3c2ncn3C)C(=O)C[C@H]1C. The Balaban J connectivity index is 0.000000271. The van der Waals surface area contributed by atoms with E-state index in [-0.39, 0.29) is 89.3 Å². The Bertz CT molecular complexity index is 2400. The van der Waals surface area contributed by atoms with Crippen LogP contribution in [0.3, 0.4) is 0 Å². The number of imidazole rings is 1. The van der Waals surface area contributed by atoms with E-state index in [0.717, 1.165) is 13.2 Å². The smallest absolute Gasteiger partial charge is 0.342 e. The van der Waals surface area contributed by atoms with Gasteiger partial charge in [0, 0.05) is 57.0 Å². The second-order valence-corrected chi connectivity index (χ2v) is 14.5. The van der Waals surface area contributed by atoms with Crippen LogP contribution in [0.15, 0.2) is 48.8 Å². The van der Waals surface area contributed by atoms with E-state index >= 15 is 0 Å². The molecule has 1 heterocycles. The van der Waals surface area contributed by atoms with Crippen molar-refractivity contribution < 1.29 is 78.1 Å². The number of phenolic OH excluding ortho intramolecular Hbond substituents is 3. The van der Waals surface area contributed by atoms with E-state index in [1.54, 1.807) is 43.1 Å². The molecule has 4 atom stereocenters. The molecular formula is C44H53N3O17. The molecular weight excluding hydrogens is 842 g/mol. The Labute approximate surface area is 368 Å². The number of nitro groups is 1. The van der Waals surface area contributed by atoms with Gasteiger partial charge in [0.2, 0.25) is 0 Å². The second-order valence-electron chi connectivity index (χ2n) is 14.5. The predicted molar refractivity (Wildman–Crippen MR) is 229 cm³/mol. The second kappa shape index (κ2) is 23.5. The summed E-state index contributed by atoms with van der Waals surface area (Å²) < 4.78 is 30.6. The topological polar surface area (TPSA) is 286 Å². The van der Waals surface area contributed by atoms with Crippen molar-refractivity contribution in [1.82, 2.24) is 9.55 Å². The number of hydrogen-bond donors (Lipinski definition) is 5. The van der Waals surface area contributed by atoms with Gasteiger partial charge in [0.25, 0.3) is 0 Å². The average Bonchev–Trinajstić information content (AvgIpc) is 3.61. The maximum Gasteiger partial charge on any atom is 0.342 e. The van der Waals surface area contributed by atoms with Gasteiger partial charge in [0.05, 0.1) is 48.2 Å². The quantitative estimate of drug-likeness (QED) is 0.0622. The Morgan fingerprint density at radius 1 is 0.875 bits per heavy atom. The number of esters is 2. The fourth-order valence-electron chi connectivity index (χ4n) is 6.41. The highest BCUT2D eigenvalue weighted by Gasteiger charge is 2.29. The number of Topliss-reactive ketones (excluding diaryl/α,β-unsaturated/α-hetero) is 1. The van der Waals surface area contributed by atoms with Crippen LogP contribution < -0.4 is 9.47 Å². The van der Waals surface area contributed by atoms with Crippen molar-refractivity contribution in [2.75, 3.05) is 42.0 Å². The molecule has 20 heteroatoms. The van der Waals surface area contributed by atoms with E-state index in [2.05, 4.69) is 19.2 Å². The molecule has 0 bridgehead atoms. The van der Waals surface area contributed by atoms with Crippen molar-refractivity contribution in [2.45, 2.75) is 52.7 Å². The lowest BCUT2D eigenvalue weighted by Crippen LogP contribution is -2.32. The Morgan fingerprint density at radius 3 is 2.05 bits per heavy atom. The van der Waals surface area contributed by atoms with Gasteiger partial charge in [-0.2, -0.15) is 0 Å². The van der Waals surface area contributed by atoms with Crippen molar-refractivity contribution in [3.05, 3.63) is 92.3 Å². The number of hydrogen-bond acceptors (Lipinski definition) is 18. The van der Waals surface area contributed by atoms with E-state index in [0.29, 0.717) is 22.2 Å². The Hall–Kier alpha value is -6.87. The number of allylic oxidation sites excluding steroid dienone is 1. The third-order valence-corrected chi connectivity index (χ3v) is 10.00. The molecule has 3 aromatic carbocycles. The predicted octanol–water partition coefficient (Wildman–Crippen LogP) is 5.24. The molecule has 0 unspecified atom stereocenters. The van der Waals surface area contributed by atoms with Gasteiger partial charge >= 0.3 is 17.6 Å². The number of aromatic nitrogens is 2. The summed E-state index contributed by atoms with van der Waals surface area (Å²) in [6, 6.07) is 5.32. The maximum absolute atomic E-state index is 13.1. The van der Waals surface area contributed by atoms with Crippen LogP contribution in [-0.4, -0.2) is 118 Å². The van der Waals surface area contributed by atoms with Crippen molar-refractivity contribution in [1.29, 1.82) is 0 Å². The number of carbonyl (C=O) groups excluding carboxylic acids is 4. The van der Waals surface area contributed by atoms with Gasteiger partial charge in [-0.1, -0.05) is 32.1 Å². The van der Waals surface area contributed by atoms with E-state index in [9.17, 15) is 54.8 Å². The zero-order valence-corrected chi connectivity index (χ0v) is 36.8. The molecule has 346 valence electrons.